The zero-order chi connectivity index (χ0) is 19.3. The molecule has 0 unspecified atom stereocenters. The molecule has 2 aromatic rings. The Bertz CT molecular complexity index is 794. The quantitative estimate of drug-likeness (QED) is 0.784. The minimum Gasteiger partial charge on any atom is -0.462 e. The van der Waals surface area contributed by atoms with Gasteiger partial charge in [-0.15, -0.1) is 5.10 Å². The summed E-state index contributed by atoms with van der Waals surface area (Å²) in [5.41, 5.74) is 0.648. The second-order valence-corrected chi connectivity index (χ2v) is 6.73. The molecule has 1 heterocycles. The second kappa shape index (κ2) is 8.28. The molecule has 1 amide bonds. The van der Waals surface area contributed by atoms with Crippen LogP contribution in [-0.2, 0) is 15.1 Å². The molecule has 0 bridgehead atoms. The fourth-order valence-electron chi connectivity index (χ4n) is 3.53. The highest BCUT2D eigenvalue weighted by atomic mass is 16.5. The first-order chi connectivity index (χ1) is 13.1. The average Bonchev–Trinajstić information content (AvgIpc) is 3.19. The molecule has 1 saturated carbocycles. The first-order valence-electron chi connectivity index (χ1n) is 9.47. The molecule has 1 aliphatic carbocycles. The molecule has 0 radical (unpaired) electrons. The largest absolute Gasteiger partial charge is 0.462 e. The van der Waals surface area contributed by atoms with Gasteiger partial charge in [-0.2, -0.15) is 4.68 Å². The number of aromatic nitrogens is 4. The van der Waals surface area contributed by atoms with E-state index in [1.807, 2.05) is 6.92 Å². The number of hydrogen-bond acceptors (Lipinski definition) is 6. The number of tetrazole rings is 1. The van der Waals surface area contributed by atoms with E-state index in [0.717, 1.165) is 37.8 Å². The molecular weight excluding hydrogens is 346 g/mol. The maximum Gasteiger partial charge on any atom is 0.338 e. The Morgan fingerprint density at radius 2 is 1.85 bits per heavy atom. The number of ether oxygens (including phenoxy) is 1. The zero-order valence-electron chi connectivity index (χ0n) is 15.8. The number of benzene rings is 1. The van der Waals surface area contributed by atoms with Crippen molar-refractivity contribution < 1.29 is 14.3 Å². The predicted octanol–water partition coefficient (Wildman–Crippen LogP) is 2.52. The molecule has 8 nitrogen and oxygen atoms in total. The van der Waals surface area contributed by atoms with Crippen LogP contribution in [0.4, 0.5) is 0 Å². The molecule has 0 atom stereocenters. The van der Waals surface area contributed by atoms with Crippen molar-refractivity contribution in [2.75, 3.05) is 6.61 Å². The third kappa shape index (κ3) is 3.99. The summed E-state index contributed by atoms with van der Waals surface area (Å²) in [5.74, 6) is 0.261. The Morgan fingerprint density at radius 1 is 1.15 bits per heavy atom. The minimum absolute atomic E-state index is 0.0101. The Morgan fingerprint density at radius 3 is 2.48 bits per heavy atom. The molecule has 0 spiro atoms. The van der Waals surface area contributed by atoms with Gasteiger partial charge < -0.3 is 10.1 Å². The van der Waals surface area contributed by atoms with Crippen molar-refractivity contribution in [3.63, 3.8) is 0 Å². The SMILES string of the molecule is CCOC(=O)c1ccc(-n2nnnc2C2(NC(=O)CC)CCCCC2)cc1. The van der Waals surface area contributed by atoms with Crippen molar-refractivity contribution in [2.24, 2.45) is 0 Å². The minimum atomic E-state index is -0.561. The van der Waals surface area contributed by atoms with Gasteiger partial charge in [-0.25, -0.2) is 4.79 Å². The van der Waals surface area contributed by atoms with Crippen LogP contribution >= 0.6 is 0 Å². The van der Waals surface area contributed by atoms with Crippen molar-refractivity contribution in [1.29, 1.82) is 0 Å². The van der Waals surface area contributed by atoms with E-state index in [2.05, 4.69) is 20.8 Å². The molecule has 1 aliphatic rings. The number of nitrogens with zero attached hydrogens (tertiary/aromatic N) is 4. The second-order valence-electron chi connectivity index (χ2n) is 6.73. The standard InChI is InChI=1S/C19H25N5O3/c1-3-16(25)20-19(12-6-5-7-13-19)18-21-22-23-24(18)15-10-8-14(9-11-15)17(26)27-4-2/h8-11H,3-7,12-13H2,1-2H3,(H,20,25). The third-order valence-corrected chi connectivity index (χ3v) is 4.93. The lowest BCUT2D eigenvalue weighted by Gasteiger charge is -2.36. The van der Waals surface area contributed by atoms with Crippen LogP contribution < -0.4 is 5.32 Å². The van der Waals surface area contributed by atoms with Gasteiger partial charge in [0, 0.05) is 6.42 Å². The lowest BCUT2D eigenvalue weighted by atomic mass is 9.80. The Labute approximate surface area is 158 Å². The summed E-state index contributed by atoms with van der Waals surface area (Å²) in [7, 11) is 0. The van der Waals surface area contributed by atoms with E-state index in [4.69, 9.17) is 4.74 Å². The van der Waals surface area contributed by atoms with Gasteiger partial charge in [0.25, 0.3) is 0 Å². The molecule has 1 fully saturated rings. The molecule has 0 saturated heterocycles. The van der Waals surface area contributed by atoms with E-state index in [1.54, 1.807) is 35.9 Å². The third-order valence-electron chi connectivity index (χ3n) is 4.93. The summed E-state index contributed by atoms with van der Waals surface area (Å²) < 4.78 is 6.66. The molecule has 27 heavy (non-hydrogen) atoms. The number of hydrogen-bond donors (Lipinski definition) is 1. The summed E-state index contributed by atoms with van der Waals surface area (Å²) in [4.78, 5) is 24.0. The molecule has 8 heteroatoms. The van der Waals surface area contributed by atoms with E-state index in [1.165, 1.54) is 0 Å². The van der Waals surface area contributed by atoms with Gasteiger partial charge in [0.1, 0.15) is 5.54 Å². The summed E-state index contributed by atoms with van der Waals surface area (Å²) in [5, 5.41) is 15.4. The van der Waals surface area contributed by atoms with Crippen molar-refractivity contribution in [2.45, 2.75) is 57.9 Å². The predicted molar refractivity (Wildman–Crippen MR) is 98.3 cm³/mol. The highest BCUT2D eigenvalue weighted by Crippen LogP contribution is 2.36. The van der Waals surface area contributed by atoms with E-state index in [0.29, 0.717) is 24.4 Å². The molecule has 0 aliphatic heterocycles. The lowest BCUT2D eigenvalue weighted by molar-refractivity contribution is -0.123. The Hall–Kier alpha value is -2.77. The van der Waals surface area contributed by atoms with Gasteiger partial charge in [0.15, 0.2) is 5.82 Å². The van der Waals surface area contributed by atoms with Gasteiger partial charge in [-0.05, 0) is 54.5 Å². The number of amides is 1. The number of carbonyl (C=O) groups is 2. The summed E-state index contributed by atoms with van der Waals surface area (Å²) in [6.45, 7) is 3.94. The smallest absolute Gasteiger partial charge is 0.338 e. The summed E-state index contributed by atoms with van der Waals surface area (Å²) in [6.07, 6.45) is 5.19. The van der Waals surface area contributed by atoms with Gasteiger partial charge in [-0.3, -0.25) is 4.79 Å². The Kier molecular flexibility index (Phi) is 5.83. The molecule has 1 N–H and O–H groups in total. The average molecular weight is 371 g/mol. The van der Waals surface area contributed by atoms with E-state index >= 15 is 0 Å². The highest BCUT2D eigenvalue weighted by Gasteiger charge is 2.40. The van der Waals surface area contributed by atoms with Gasteiger partial charge in [0.2, 0.25) is 5.91 Å². The summed E-state index contributed by atoms with van der Waals surface area (Å²) in [6, 6.07) is 6.95. The lowest BCUT2D eigenvalue weighted by Crippen LogP contribution is -2.48. The number of carbonyl (C=O) groups excluding carboxylic acids is 2. The molecular formula is C19H25N5O3. The van der Waals surface area contributed by atoms with E-state index < -0.39 is 5.54 Å². The van der Waals surface area contributed by atoms with Crippen molar-refractivity contribution >= 4 is 11.9 Å². The van der Waals surface area contributed by atoms with Crippen LogP contribution in [0.2, 0.25) is 0 Å². The monoisotopic (exact) mass is 371 g/mol. The zero-order valence-corrected chi connectivity index (χ0v) is 15.8. The van der Waals surface area contributed by atoms with Gasteiger partial charge >= 0.3 is 5.97 Å². The van der Waals surface area contributed by atoms with E-state index in [-0.39, 0.29) is 11.9 Å². The highest BCUT2D eigenvalue weighted by molar-refractivity contribution is 5.89. The molecule has 1 aromatic heterocycles. The number of rotatable bonds is 6. The first-order valence-corrected chi connectivity index (χ1v) is 9.47. The van der Waals surface area contributed by atoms with Crippen molar-refractivity contribution in [3.8, 4) is 5.69 Å². The maximum absolute atomic E-state index is 12.2. The van der Waals surface area contributed by atoms with Crippen LogP contribution in [-0.4, -0.2) is 38.7 Å². The summed E-state index contributed by atoms with van der Waals surface area (Å²) >= 11 is 0. The fourth-order valence-corrected chi connectivity index (χ4v) is 3.53. The van der Waals surface area contributed by atoms with Crippen LogP contribution in [0.3, 0.4) is 0 Å². The van der Waals surface area contributed by atoms with Crippen LogP contribution in [0, 0.1) is 0 Å². The number of nitrogens with one attached hydrogen (secondary N) is 1. The van der Waals surface area contributed by atoms with Crippen molar-refractivity contribution in [1.82, 2.24) is 25.5 Å². The van der Waals surface area contributed by atoms with Crippen LogP contribution in [0.25, 0.3) is 5.69 Å². The molecule has 144 valence electrons. The first kappa shape index (κ1) is 19.0. The van der Waals surface area contributed by atoms with Gasteiger partial charge in [0.05, 0.1) is 17.9 Å². The van der Waals surface area contributed by atoms with Crippen LogP contribution in [0.5, 0.6) is 0 Å². The van der Waals surface area contributed by atoms with Crippen LogP contribution in [0.1, 0.15) is 68.6 Å². The van der Waals surface area contributed by atoms with Crippen molar-refractivity contribution in [3.05, 3.63) is 35.7 Å². The fraction of sp³-hybridized carbons (Fsp3) is 0.526. The molecule has 3 rings (SSSR count). The number of esters is 1. The molecule has 1 aromatic carbocycles. The normalized spacial score (nSPS) is 15.9. The van der Waals surface area contributed by atoms with Gasteiger partial charge in [-0.1, -0.05) is 26.2 Å². The maximum atomic E-state index is 12.2. The topological polar surface area (TPSA) is 99.0 Å². The Balaban J connectivity index is 1.94. The van der Waals surface area contributed by atoms with Crippen LogP contribution in [0.15, 0.2) is 24.3 Å². The van der Waals surface area contributed by atoms with E-state index in [9.17, 15) is 9.59 Å².